The van der Waals surface area contributed by atoms with Crippen molar-refractivity contribution in [2.75, 3.05) is 0 Å². The number of fused-ring (bicyclic) bond motifs is 2. The largest absolute Gasteiger partial charge is 0.401 e. The van der Waals surface area contributed by atoms with Crippen LogP contribution in [0.25, 0.3) is 0 Å². The summed E-state index contributed by atoms with van der Waals surface area (Å²) in [5, 5.41) is 0. The zero-order chi connectivity index (χ0) is 10.4. The van der Waals surface area contributed by atoms with Gasteiger partial charge in [-0.15, -0.1) is 0 Å². The van der Waals surface area contributed by atoms with Crippen molar-refractivity contribution in [2.45, 2.75) is 44.7 Å². The van der Waals surface area contributed by atoms with Crippen LogP contribution in [0.3, 0.4) is 0 Å². The Hall–Kier alpha value is -0.540. The molecule has 0 aromatic carbocycles. The summed E-state index contributed by atoms with van der Waals surface area (Å²) in [6, 6.07) is 0. The van der Waals surface area contributed by atoms with Gasteiger partial charge in [0.1, 0.15) is 5.41 Å². The second kappa shape index (κ2) is 2.97. The van der Waals surface area contributed by atoms with Crippen LogP contribution < -0.4 is 0 Å². The Morgan fingerprint density at radius 3 is 2.00 bits per heavy atom. The molecule has 0 atom stereocenters. The van der Waals surface area contributed by atoms with Crippen LogP contribution in [-0.2, 0) is 4.79 Å². The van der Waals surface area contributed by atoms with E-state index < -0.39 is 17.4 Å². The first-order valence-corrected chi connectivity index (χ1v) is 5.08. The lowest BCUT2D eigenvalue weighted by molar-refractivity contribution is -0.236. The summed E-state index contributed by atoms with van der Waals surface area (Å²) in [7, 11) is 0. The van der Waals surface area contributed by atoms with Crippen molar-refractivity contribution < 1.29 is 18.0 Å². The van der Waals surface area contributed by atoms with Gasteiger partial charge < -0.3 is 0 Å². The molecule has 2 rings (SSSR count). The second-order valence-electron chi connectivity index (χ2n) is 4.43. The van der Waals surface area contributed by atoms with E-state index in [2.05, 4.69) is 0 Å². The number of ketones is 1. The van der Waals surface area contributed by atoms with E-state index >= 15 is 0 Å². The molecule has 14 heavy (non-hydrogen) atoms. The monoisotopic (exact) mass is 206 g/mol. The Labute approximate surface area is 80.7 Å². The molecule has 2 bridgehead atoms. The van der Waals surface area contributed by atoms with Crippen molar-refractivity contribution >= 4 is 5.78 Å². The first-order chi connectivity index (χ1) is 6.47. The lowest BCUT2D eigenvalue weighted by atomic mass is 9.60. The number of rotatable bonds is 0. The number of Topliss-reactive ketones (excluding diaryl/α,β-unsaturated/α-hetero) is 1. The number of halogens is 3. The zero-order valence-electron chi connectivity index (χ0n) is 7.86. The molecular weight excluding hydrogens is 193 g/mol. The molecule has 2 aliphatic carbocycles. The maximum atomic E-state index is 12.8. The molecule has 0 amide bonds. The predicted octanol–water partition coefficient (Wildman–Crippen LogP) is 3.09. The standard InChI is InChI=1S/C10H13F3O/c11-10(12,13)9-5-1-3-7(8(9)14)4-2-6-9/h7H,1-6H2. The van der Waals surface area contributed by atoms with E-state index in [-0.39, 0.29) is 18.8 Å². The third kappa shape index (κ3) is 1.19. The lowest BCUT2D eigenvalue weighted by Gasteiger charge is -2.44. The predicted molar refractivity (Wildman–Crippen MR) is 44.7 cm³/mol. The van der Waals surface area contributed by atoms with Crippen molar-refractivity contribution in [2.24, 2.45) is 11.3 Å². The highest BCUT2D eigenvalue weighted by molar-refractivity contribution is 5.89. The molecule has 2 fully saturated rings. The highest BCUT2D eigenvalue weighted by Gasteiger charge is 2.62. The van der Waals surface area contributed by atoms with Crippen molar-refractivity contribution in [3.8, 4) is 0 Å². The first-order valence-electron chi connectivity index (χ1n) is 5.08. The second-order valence-corrected chi connectivity index (χ2v) is 4.43. The van der Waals surface area contributed by atoms with Crippen LogP contribution in [0.15, 0.2) is 0 Å². The average Bonchev–Trinajstić information content (AvgIpc) is 2.00. The van der Waals surface area contributed by atoms with Crippen LogP contribution in [0, 0.1) is 11.3 Å². The molecule has 0 saturated heterocycles. The molecule has 4 heteroatoms. The van der Waals surface area contributed by atoms with Gasteiger partial charge in [0.15, 0.2) is 5.78 Å². The maximum Gasteiger partial charge on any atom is 0.401 e. The fraction of sp³-hybridized carbons (Fsp3) is 0.900. The summed E-state index contributed by atoms with van der Waals surface area (Å²) >= 11 is 0. The van der Waals surface area contributed by atoms with Crippen LogP contribution in [0.4, 0.5) is 13.2 Å². The van der Waals surface area contributed by atoms with Crippen molar-refractivity contribution in [3.05, 3.63) is 0 Å². The van der Waals surface area contributed by atoms with Gasteiger partial charge in [-0.2, -0.15) is 13.2 Å². The molecule has 0 heterocycles. The molecule has 0 unspecified atom stereocenters. The molecule has 0 spiro atoms. The molecule has 0 aliphatic heterocycles. The fourth-order valence-corrected chi connectivity index (χ4v) is 2.89. The van der Waals surface area contributed by atoms with E-state index in [1.807, 2.05) is 0 Å². The van der Waals surface area contributed by atoms with Gasteiger partial charge in [0.25, 0.3) is 0 Å². The fourth-order valence-electron chi connectivity index (χ4n) is 2.89. The van der Waals surface area contributed by atoms with E-state index in [1.165, 1.54) is 0 Å². The molecule has 0 aromatic rings. The Bertz CT molecular complexity index is 247. The minimum Gasteiger partial charge on any atom is -0.298 e. The molecule has 0 N–H and O–H groups in total. The van der Waals surface area contributed by atoms with Gasteiger partial charge in [0, 0.05) is 5.92 Å². The number of alkyl halides is 3. The Morgan fingerprint density at radius 1 is 1.14 bits per heavy atom. The summed E-state index contributed by atoms with van der Waals surface area (Å²) in [4.78, 5) is 11.7. The average molecular weight is 206 g/mol. The van der Waals surface area contributed by atoms with Gasteiger partial charge in [0.05, 0.1) is 0 Å². The zero-order valence-corrected chi connectivity index (χ0v) is 7.86. The van der Waals surface area contributed by atoms with Gasteiger partial charge in [-0.25, -0.2) is 0 Å². The van der Waals surface area contributed by atoms with Crippen LogP contribution in [-0.4, -0.2) is 12.0 Å². The van der Waals surface area contributed by atoms with E-state index in [0.717, 1.165) is 0 Å². The van der Waals surface area contributed by atoms with Gasteiger partial charge in [-0.05, 0) is 25.7 Å². The molecule has 0 aromatic heterocycles. The number of hydrogen-bond donors (Lipinski definition) is 0. The normalized spacial score (nSPS) is 38.5. The van der Waals surface area contributed by atoms with E-state index in [4.69, 9.17) is 0 Å². The van der Waals surface area contributed by atoms with Crippen molar-refractivity contribution in [1.82, 2.24) is 0 Å². The van der Waals surface area contributed by atoms with Crippen molar-refractivity contribution in [1.29, 1.82) is 0 Å². The van der Waals surface area contributed by atoms with E-state index in [0.29, 0.717) is 25.7 Å². The summed E-state index contributed by atoms with van der Waals surface area (Å²) in [6.07, 6.45) is -1.86. The first kappa shape index (κ1) is 9.99. The summed E-state index contributed by atoms with van der Waals surface area (Å²) in [5.41, 5.74) is -1.96. The topological polar surface area (TPSA) is 17.1 Å². The maximum absolute atomic E-state index is 12.8. The molecule has 80 valence electrons. The number of carbonyl (C=O) groups excluding carboxylic acids is 1. The van der Waals surface area contributed by atoms with Gasteiger partial charge in [0.2, 0.25) is 0 Å². The Kier molecular flexibility index (Phi) is 2.12. The third-order valence-electron chi connectivity index (χ3n) is 3.70. The van der Waals surface area contributed by atoms with Gasteiger partial charge in [-0.1, -0.05) is 12.8 Å². The smallest absolute Gasteiger partial charge is 0.298 e. The molecular formula is C10H13F3O. The van der Waals surface area contributed by atoms with Crippen molar-refractivity contribution in [3.63, 3.8) is 0 Å². The lowest BCUT2D eigenvalue weighted by Crippen LogP contribution is -2.52. The van der Waals surface area contributed by atoms with Gasteiger partial charge >= 0.3 is 6.18 Å². The summed E-state index contributed by atoms with van der Waals surface area (Å²) in [6.45, 7) is 0. The van der Waals surface area contributed by atoms with Crippen LogP contribution >= 0.6 is 0 Å². The van der Waals surface area contributed by atoms with Crippen LogP contribution in [0.2, 0.25) is 0 Å². The number of hydrogen-bond acceptors (Lipinski definition) is 1. The third-order valence-corrected chi connectivity index (χ3v) is 3.70. The summed E-state index contributed by atoms with van der Waals surface area (Å²) in [5.74, 6) is -0.832. The highest BCUT2D eigenvalue weighted by Crippen LogP contribution is 2.54. The molecule has 0 radical (unpaired) electrons. The quantitative estimate of drug-likeness (QED) is 0.595. The minimum absolute atomic E-state index is 0.0197. The SMILES string of the molecule is O=C1C2CCCC1(C(F)(F)F)CCC2. The van der Waals surface area contributed by atoms with Crippen LogP contribution in [0.5, 0.6) is 0 Å². The van der Waals surface area contributed by atoms with Crippen LogP contribution in [0.1, 0.15) is 38.5 Å². The molecule has 2 saturated carbocycles. The molecule has 2 aliphatic rings. The molecule has 1 nitrogen and oxygen atoms in total. The highest BCUT2D eigenvalue weighted by atomic mass is 19.4. The summed E-state index contributed by atoms with van der Waals surface area (Å²) < 4.78 is 38.5. The number of carbonyl (C=O) groups is 1. The Morgan fingerprint density at radius 2 is 1.64 bits per heavy atom. The minimum atomic E-state index is -4.33. The van der Waals surface area contributed by atoms with E-state index in [1.54, 1.807) is 0 Å². The van der Waals surface area contributed by atoms with E-state index in [9.17, 15) is 18.0 Å². The van der Waals surface area contributed by atoms with Gasteiger partial charge in [-0.3, -0.25) is 4.79 Å². The Balaban J connectivity index is 2.35.